The fourth-order valence-electron chi connectivity index (χ4n) is 1.63. The number of halogens is 1. The quantitative estimate of drug-likeness (QED) is 0.625. The van der Waals surface area contributed by atoms with Crippen molar-refractivity contribution in [1.29, 1.82) is 5.26 Å². The summed E-state index contributed by atoms with van der Waals surface area (Å²) in [4.78, 5) is 14.1. The molecule has 19 heavy (non-hydrogen) atoms. The van der Waals surface area contributed by atoms with Crippen LogP contribution in [0.2, 0.25) is 0 Å². The minimum absolute atomic E-state index is 0.104. The van der Waals surface area contributed by atoms with Crippen LogP contribution < -0.4 is 0 Å². The summed E-state index contributed by atoms with van der Waals surface area (Å²) in [6.45, 7) is 3.62. The summed E-state index contributed by atoms with van der Waals surface area (Å²) in [5, 5.41) is 24.0. The molecular weight excluding hydrogens is 314 g/mol. The van der Waals surface area contributed by atoms with Crippen LogP contribution in [0, 0.1) is 35.3 Å². The summed E-state index contributed by atoms with van der Waals surface area (Å²) in [6, 6.07) is 3.09. The first-order valence-electron chi connectivity index (χ1n) is 5.22. The lowest BCUT2D eigenvalue weighted by molar-refractivity contribution is -0.385. The Labute approximate surface area is 116 Å². The minimum Gasteiger partial charge on any atom is -0.258 e. The molecule has 0 aliphatic carbocycles. The van der Waals surface area contributed by atoms with E-state index in [2.05, 4.69) is 26.0 Å². The highest BCUT2D eigenvalue weighted by atomic mass is 79.9. The van der Waals surface area contributed by atoms with E-state index in [1.54, 1.807) is 0 Å². The fourth-order valence-corrected chi connectivity index (χ4v) is 1.87. The summed E-state index contributed by atoms with van der Waals surface area (Å²) in [5.74, 6) is 0.277. The van der Waals surface area contributed by atoms with E-state index in [4.69, 9.17) is 5.26 Å². The van der Waals surface area contributed by atoms with Crippen molar-refractivity contribution in [2.75, 3.05) is 0 Å². The van der Waals surface area contributed by atoms with Crippen LogP contribution >= 0.6 is 15.9 Å². The van der Waals surface area contributed by atoms with Crippen LogP contribution in [0.25, 0.3) is 5.82 Å². The highest BCUT2D eigenvalue weighted by molar-refractivity contribution is 9.10. The minimum atomic E-state index is -0.589. The van der Waals surface area contributed by atoms with Gasteiger partial charge in [0.05, 0.1) is 20.8 Å². The molecule has 2 rings (SSSR count). The van der Waals surface area contributed by atoms with E-state index < -0.39 is 4.92 Å². The van der Waals surface area contributed by atoms with E-state index in [9.17, 15) is 10.1 Å². The van der Waals surface area contributed by atoms with Gasteiger partial charge >= 0.3 is 0 Å². The number of rotatable bonds is 2. The molecule has 0 unspecified atom stereocenters. The van der Waals surface area contributed by atoms with Crippen LogP contribution in [-0.4, -0.2) is 19.7 Å². The zero-order valence-electron chi connectivity index (χ0n) is 10.1. The van der Waals surface area contributed by atoms with Crippen LogP contribution in [0.4, 0.5) is 5.69 Å². The molecule has 2 aromatic rings. The lowest BCUT2D eigenvalue weighted by atomic mass is 10.2. The number of pyridine rings is 1. The van der Waals surface area contributed by atoms with Gasteiger partial charge in [-0.3, -0.25) is 10.1 Å². The van der Waals surface area contributed by atoms with E-state index in [-0.39, 0.29) is 17.1 Å². The van der Waals surface area contributed by atoms with Gasteiger partial charge in [0.2, 0.25) is 0 Å². The van der Waals surface area contributed by atoms with Crippen molar-refractivity contribution >= 4 is 21.6 Å². The van der Waals surface area contributed by atoms with Crippen molar-refractivity contribution in [2.24, 2.45) is 0 Å². The number of aromatic nitrogens is 3. The van der Waals surface area contributed by atoms with Gasteiger partial charge in [0, 0.05) is 6.07 Å². The molecule has 0 radical (unpaired) electrons. The van der Waals surface area contributed by atoms with Crippen LogP contribution in [0.15, 0.2) is 16.7 Å². The molecule has 0 amide bonds. The second kappa shape index (κ2) is 4.78. The Morgan fingerprint density at radius 1 is 1.53 bits per heavy atom. The molecule has 2 aromatic heterocycles. The summed E-state index contributed by atoms with van der Waals surface area (Å²) < 4.78 is 2.30. The predicted octanol–water partition coefficient (Wildman–Crippen LogP) is 2.43. The largest absolute Gasteiger partial charge is 0.289 e. The molecule has 0 bridgehead atoms. The Morgan fingerprint density at radius 3 is 2.68 bits per heavy atom. The molecule has 0 atom stereocenters. The van der Waals surface area contributed by atoms with Crippen molar-refractivity contribution in [2.45, 2.75) is 13.8 Å². The van der Waals surface area contributed by atoms with Gasteiger partial charge in [0.15, 0.2) is 5.82 Å². The van der Waals surface area contributed by atoms with E-state index in [0.717, 1.165) is 22.1 Å². The number of nitriles is 1. The van der Waals surface area contributed by atoms with Crippen LogP contribution in [0.5, 0.6) is 0 Å². The van der Waals surface area contributed by atoms with Gasteiger partial charge in [-0.1, -0.05) is 0 Å². The Kier molecular flexibility index (Phi) is 3.31. The molecule has 0 N–H and O–H groups in total. The van der Waals surface area contributed by atoms with Crippen LogP contribution in [0.1, 0.15) is 17.0 Å². The highest BCUT2D eigenvalue weighted by Crippen LogP contribution is 2.24. The smallest absolute Gasteiger partial charge is 0.258 e. The standard InChI is InChI=1S/C11H8BrN5O2/c1-6-10(12)7(2)16(15-6)11-8(4-13)3-9(5-14-11)17(18)19/h3,5H,1-2H3. The molecule has 96 valence electrons. The molecule has 0 aliphatic rings. The third-order valence-corrected chi connectivity index (χ3v) is 3.73. The third kappa shape index (κ3) is 2.20. The molecule has 0 spiro atoms. The van der Waals surface area contributed by atoms with Gasteiger partial charge < -0.3 is 0 Å². The van der Waals surface area contributed by atoms with Crippen LogP contribution in [0.3, 0.4) is 0 Å². The van der Waals surface area contributed by atoms with Gasteiger partial charge in [-0.25, -0.2) is 9.67 Å². The van der Waals surface area contributed by atoms with E-state index in [1.807, 2.05) is 19.9 Å². The van der Waals surface area contributed by atoms with Crippen LogP contribution in [-0.2, 0) is 0 Å². The molecule has 0 saturated heterocycles. The Bertz CT molecular complexity index is 717. The molecule has 0 aromatic carbocycles. The summed E-state index contributed by atoms with van der Waals surface area (Å²) >= 11 is 3.38. The van der Waals surface area contributed by atoms with Gasteiger partial charge in [0.25, 0.3) is 5.69 Å². The SMILES string of the molecule is Cc1nn(-c2ncc([N+](=O)[O-])cc2C#N)c(C)c1Br. The van der Waals surface area contributed by atoms with Crippen molar-refractivity contribution < 1.29 is 4.92 Å². The lowest BCUT2D eigenvalue weighted by Crippen LogP contribution is -2.05. The molecule has 8 heteroatoms. The Hall–Kier alpha value is -2.27. The second-order valence-corrected chi connectivity index (χ2v) is 4.62. The fraction of sp³-hybridized carbons (Fsp3) is 0.182. The maximum absolute atomic E-state index is 10.7. The van der Waals surface area contributed by atoms with E-state index in [0.29, 0.717) is 0 Å². The summed E-state index contributed by atoms with van der Waals surface area (Å²) in [5.41, 5.74) is 1.41. The van der Waals surface area contributed by atoms with Gasteiger partial charge in [0.1, 0.15) is 17.8 Å². The first kappa shape index (κ1) is 13.2. The molecule has 2 heterocycles. The van der Waals surface area contributed by atoms with Crippen molar-refractivity contribution in [3.05, 3.63) is 43.8 Å². The average molecular weight is 322 g/mol. The zero-order valence-corrected chi connectivity index (χ0v) is 11.7. The average Bonchev–Trinajstić information content (AvgIpc) is 2.65. The zero-order chi connectivity index (χ0) is 14.2. The first-order valence-corrected chi connectivity index (χ1v) is 6.01. The van der Waals surface area contributed by atoms with Crippen molar-refractivity contribution in [3.63, 3.8) is 0 Å². The normalized spacial score (nSPS) is 10.2. The number of nitrogens with zero attached hydrogens (tertiary/aromatic N) is 5. The molecule has 0 aliphatic heterocycles. The first-order chi connectivity index (χ1) is 8.95. The van der Waals surface area contributed by atoms with Gasteiger partial charge in [-0.2, -0.15) is 10.4 Å². The summed E-state index contributed by atoms with van der Waals surface area (Å²) in [7, 11) is 0. The Balaban J connectivity index is 2.66. The molecule has 7 nitrogen and oxygen atoms in total. The lowest BCUT2D eigenvalue weighted by Gasteiger charge is -2.04. The van der Waals surface area contributed by atoms with Gasteiger partial charge in [-0.15, -0.1) is 0 Å². The third-order valence-electron chi connectivity index (χ3n) is 2.59. The number of nitro groups is 1. The maximum atomic E-state index is 10.7. The van der Waals surface area contributed by atoms with Crippen molar-refractivity contribution in [1.82, 2.24) is 14.8 Å². The number of hydrogen-bond acceptors (Lipinski definition) is 5. The van der Waals surface area contributed by atoms with E-state index in [1.165, 1.54) is 10.7 Å². The Morgan fingerprint density at radius 2 is 2.21 bits per heavy atom. The second-order valence-electron chi connectivity index (χ2n) is 3.83. The summed E-state index contributed by atoms with van der Waals surface area (Å²) in [6.07, 6.45) is 1.11. The molecular formula is C11H8BrN5O2. The monoisotopic (exact) mass is 321 g/mol. The number of hydrogen-bond donors (Lipinski definition) is 0. The highest BCUT2D eigenvalue weighted by Gasteiger charge is 2.17. The number of aryl methyl sites for hydroxylation is 1. The van der Waals surface area contributed by atoms with Gasteiger partial charge in [-0.05, 0) is 29.8 Å². The molecule has 0 saturated carbocycles. The molecule has 0 fully saturated rings. The maximum Gasteiger partial charge on any atom is 0.289 e. The predicted molar refractivity (Wildman–Crippen MR) is 69.9 cm³/mol. The van der Waals surface area contributed by atoms with Crippen molar-refractivity contribution in [3.8, 4) is 11.9 Å². The topological polar surface area (TPSA) is 97.6 Å². The van der Waals surface area contributed by atoms with E-state index >= 15 is 0 Å².